The van der Waals surface area contributed by atoms with Crippen molar-refractivity contribution in [3.8, 4) is 0 Å². The summed E-state index contributed by atoms with van der Waals surface area (Å²) in [5.41, 5.74) is 0.927. The lowest BCUT2D eigenvalue weighted by atomic mass is 10.2. The second-order valence-electron chi connectivity index (χ2n) is 4.43. The Morgan fingerprint density at radius 3 is 2.37 bits per heavy atom. The molecule has 1 aromatic rings. The van der Waals surface area contributed by atoms with Gasteiger partial charge in [-0.1, -0.05) is 12.1 Å². The van der Waals surface area contributed by atoms with Gasteiger partial charge in [0.1, 0.15) is 5.82 Å². The number of amides is 1. The van der Waals surface area contributed by atoms with E-state index in [9.17, 15) is 9.18 Å². The third kappa shape index (κ3) is 5.21. The molecule has 0 aromatic heterocycles. The normalized spacial score (nSPS) is 9.89. The summed E-state index contributed by atoms with van der Waals surface area (Å²) >= 11 is 5.18. The van der Waals surface area contributed by atoms with E-state index in [2.05, 4.69) is 5.32 Å². The number of hydrogen-bond donors (Lipinski definition) is 1. The van der Waals surface area contributed by atoms with Gasteiger partial charge in [-0.05, 0) is 29.9 Å². The van der Waals surface area contributed by atoms with Crippen LogP contribution in [0.15, 0.2) is 24.3 Å². The largest absolute Gasteiger partial charge is 0.358 e. The fourth-order valence-corrected chi connectivity index (χ4v) is 1.47. The second kappa shape index (κ2) is 7.04. The Morgan fingerprint density at radius 2 is 1.84 bits per heavy atom. The summed E-state index contributed by atoms with van der Waals surface area (Å²) in [4.78, 5) is 14.7. The van der Waals surface area contributed by atoms with Crippen LogP contribution in [0.5, 0.6) is 0 Å². The zero-order valence-electron chi connectivity index (χ0n) is 11.3. The van der Waals surface area contributed by atoms with E-state index in [0.717, 1.165) is 5.56 Å². The molecule has 0 saturated carbocycles. The first-order valence-electron chi connectivity index (χ1n) is 5.83. The van der Waals surface area contributed by atoms with Crippen molar-refractivity contribution in [2.24, 2.45) is 0 Å². The Morgan fingerprint density at radius 1 is 1.26 bits per heavy atom. The molecule has 0 atom stereocenters. The summed E-state index contributed by atoms with van der Waals surface area (Å²) in [5, 5.41) is 3.51. The summed E-state index contributed by atoms with van der Waals surface area (Å²) < 4.78 is 12.7. The minimum Gasteiger partial charge on any atom is -0.358 e. The molecule has 0 fully saturated rings. The minimum atomic E-state index is -0.264. The van der Waals surface area contributed by atoms with Gasteiger partial charge < -0.3 is 15.1 Å². The molecule has 6 heteroatoms. The van der Waals surface area contributed by atoms with E-state index < -0.39 is 0 Å². The number of nitrogens with zero attached hydrogens (tertiary/aromatic N) is 2. The molecule has 4 nitrogen and oxygen atoms in total. The quantitative estimate of drug-likeness (QED) is 0.843. The van der Waals surface area contributed by atoms with Crippen LogP contribution in [0.1, 0.15) is 5.56 Å². The zero-order valence-corrected chi connectivity index (χ0v) is 12.1. The van der Waals surface area contributed by atoms with Gasteiger partial charge >= 0.3 is 0 Å². The van der Waals surface area contributed by atoms with Crippen molar-refractivity contribution in [2.45, 2.75) is 6.54 Å². The number of hydrogen-bond acceptors (Lipinski definition) is 2. The Kier molecular flexibility index (Phi) is 5.69. The van der Waals surface area contributed by atoms with Gasteiger partial charge in [-0.3, -0.25) is 4.79 Å². The summed E-state index contributed by atoms with van der Waals surface area (Å²) in [5.74, 6) is -0.284. The highest BCUT2D eigenvalue weighted by Crippen LogP contribution is 2.02. The maximum Gasteiger partial charge on any atom is 0.241 e. The highest BCUT2D eigenvalue weighted by atomic mass is 32.1. The monoisotopic (exact) mass is 283 g/mol. The molecule has 0 aliphatic heterocycles. The van der Waals surface area contributed by atoms with Gasteiger partial charge in [-0.25, -0.2) is 4.39 Å². The van der Waals surface area contributed by atoms with Crippen LogP contribution in [0.3, 0.4) is 0 Å². The maximum absolute atomic E-state index is 12.7. The lowest BCUT2D eigenvalue weighted by Gasteiger charge is -2.22. The smallest absolute Gasteiger partial charge is 0.241 e. The average molecular weight is 283 g/mol. The van der Waals surface area contributed by atoms with Crippen LogP contribution >= 0.6 is 12.2 Å². The third-order valence-corrected chi connectivity index (χ3v) is 3.03. The van der Waals surface area contributed by atoms with Crippen molar-refractivity contribution in [3.05, 3.63) is 35.6 Å². The zero-order chi connectivity index (χ0) is 14.4. The molecule has 0 heterocycles. The molecule has 0 radical (unpaired) electrons. The topological polar surface area (TPSA) is 35.6 Å². The number of nitrogens with one attached hydrogen (secondary N) is 1. The molecule has 0 saturated heterocycles. The van der Waals surface area contributed by atoms with Gasteiger partial charge in [0.25, 0.3) is 0 Å². The summed E-state index contributed by atoms with van der Waals surface area (Å²) in [6.45, 7) is 0.724. The maximum atomic E-state index is 12.7. The van der Waals surface area contributed by atoms with E-state index >= 15 is 0 Å². The molecular weight excluding hydrogens is 265 g/mol. The molecule has 0 unspecified atom stereocenters. The van der Waals surface area contributed by atoms with Crippen molar-refractivity contribution < 1.29 is 9.18 Å². The predicted octanol–water partition coefficient (Wildman–Crippen LogP) is 1.22. The van der Waals surface area contributed by atoms with E-state index in [0.29, 0.717) is 11.7 Å². The van der Waals surface area contributed by atoms with Gasteiger partial charge in [0.05, 0.1) is 6.54 Å². The SMILES string of the molecule is CN(C)C(=O)CN(C)C(=S)NCc1ccc(F)cc1. The number of likely N-dealkylation sites (N-methyl/N-ethyl adjacent to an activating group) is 2. The minimum absolute atomic E-state index is 0.0200. The van der Waals surface area contributed by atoms with Crippen molar-refractivity contribution >= 4 is 23.2 Å². The van der Waals surface area contributed by atoms with E-state index in [1.807, 2.05) is 0 Å². The molecule has 1 amide bonds. The van der Waals surface area contributed by atoms with E-state index in [4.69, 9.17) is 12.2 Å². The fourth-order valence-electron chi connectivity index (χ4n) is 1.33. The molecule has 19 heavy (non-hydrogen) atoms. The summed E-state index contributed by atoms with van der Waals surface area (Å²) in [6.07, 6.45) is 0. The van der Waals surface area contributed by atoms with Crippen molar-refractivity contribution in [3.63, 3.8) is 0 Å². The van der Waals surface area contributed by atoms with E-state index in [1.165, 1.54) is 17.0 Å². The van der Waals surface area contributed by atoms with Crippen LogP contribution in [0.25, 0.3) is 0 Å². The molecule has 1 rings (SSSR count). The third-order valence-electron chi connectivity index (χ3n) is 2.57. The summed E-state index contributed by atoms with van der Waals surface area (Å²) in [7, 11) is 5.15. The fraction of sp³-hybridized carbons (Fsp3) is 0.385. The Bertz CT molecular complexity index is 448. The van der Waals surface area contributed by atoms with Crippen LogP contribution in [0.2, 0.25) is 0 Å². The second-order valence-corrected chi connectivity index (χ2v) is 4.82. The molecule has 0 aliphatic carbocycles. The first kappa shape index (κ1) is 15.4. The molecule has 0 bridgehead atoms. The number of benzene rings is 1. The molecule has 0 aliphatic rings. The number of halogens is 1. The van der Waals surface area contributed by atoms with Crippen LogP contribution in [0.4, 0.5) is 4.39 Å². The highest BCUT2D eigenvalue weighted by Gasteiger charge is 2.10. The standard InChI is InChI=1S/C13H18FN3OS/c1-16(2)12(18)9-17(3)13(19)15-8-10-4-6-11(14)7-5-10/h4-7H,8-9H2,1-3H3,(H,15,19). The molecule has 0 spiro atoms. The van der Waals surface area contributed by atoms with Crippen molar-refractivity contribution in [1.29, 1.82) is 0 Å². The molecule has 104 valence electrons. The number of carbonyl (C=O) groups is 1. The van der Waals surface area contributed by atoms with Crippen molar-refractivity contribution in [2.75, 3.05) is 27.7 Å². The Hall–Kier alpha value is -1.69. The van der Waals surface area contributed by atoms with Gasteiger partial charge in [0, 0.05) is 27.7 Å². The number of carbonyl (C=O) groups excluding carboxylic acids is 1. The van der Waals surface area contributed by atoms with E-state index in [1.54, 1.807) is 38.2 Å². The van der Waals surface area contributed by atoms with Crippen LogP contribution < -0.4 is 5.32 Å². The average Bonchev–Trinajstić information content (AvgIpc) is 2.37. The van der Waals surface area contributed by atoms with Gasteiger partial charge in [-0.2, -0.15) is 0 Å². The highest BCUT2D eigenvalue weighted by molar-refractivity contribution is 7.80. The summed E-state index contributed by atoms with van der Waals surface area (Å²) in [6, 6.07) is 6.19. The van der Waals surface area contributed by atoms with Crippen LogP contribution in [-0.2, 0) is 11.3 Å². The molecule has 1 aromatic carbocycles. The van der Waals surface area contributed by atoms with Crippen LogP contribution in [-0.4, -0.2) is 48.5 Å². The number of rotatable bonds is 4. The Labute approximate surface area is 118 Å². The van der Waals surface area contributed by atoms with Gasteiger partial charge in [0.15, 0.2) is 5.11 Å². The first-order valence-corrected chi connectivity index (χ1v) is 6.24. The van der Waals surface area contributed by atoms with Gasteiger partial charge in [0.2, 0.25) is 5.91 Å². The lowest BCUT2D eigenvalue weighted by molar-refractivity contribution is -0.128. The van der Waals surface area contributed by atoms with Gasteiger partial charge in [-0.15, -0.1) is 0 Å². The van der Waals surface area contributed by atoms with Crippen molar-refractivity contribution in [1.82, 2.24) is 15.1 Å². The van der Waals surface area contributed by atoms with Crippen LogP contribution in [0, 0.1) is 5.82 Å². The lowest BCUT2D eigenvalue weighted by Crippen LogP contribution is -2.42. The number of thiocarbonyl (C=S) groups is 1. The Balaban J connectivity index is 2.42. The predicted molar refractivity (Wildman–Crippen MR) is 77.2 cm³/mol. The first-order chi connectivity index (χ1) is 8.90. The molecular formula is C13H18FN3OS. The molecule has 1 N–H and O–H groups in total. The van der Waals surface area contributed by atoms with E-state index in [-0.39, 0.29) is 18.3 Å².